The molecule has 2 aromatic rings. The van der Waals surface area contributed by atoms with Crippen molar-refractivity contribution in [2.75, 3.05) is 33.4 Å². The second kappa shape index (κ2) is 11.1. The summed E-state index contributed by atoms with van der Waals surface area (Å²) in [5.74, 6) is 0.631. The van der Waals surface area contributed by atoms with Crippen molar-refractivity contribution in [3.8, 4) is 5.75 Å². The number of benzene rings is 2. The highest BCUT2D eigenvalue weighted by Gasteiger charge is 2.33. The standard InChI is InChI=1S/C25H36N4O6S2/c1-24(2,3)19-25(4,5)26-36(28-15-17-35-18-16-28,22-13-9-21(34-6)10-14-22)27-37(32,33)23-11-7-20(8-12-23)29(30)31/h7-14H,15-19H2,1-6H3. The highest BCUT2D eigenvalue weighted by Crippen LogP contribution is 2.36. The van der Waals surface area contributed by atoms with Gasteiger partial charge in [0.25, 0.3) is 15.7 Å². The number of hydrogen-bond acceptors (Lipinski definition) is 7. The molecule has 1 aliphatic heterocycles. The maximum atomic E-state index is 13.8. The molecule has 0 N–H and O–H groups in total. The zero-order chi connectivity index (χ0) is 27.5. The smallest absolute Gasteiger partial charge is 0.290 e. The summed E-state index contributed by atoms with van der Waals surface area (Å²) in [7, 11) is -5.53. The van der Waals surface area contributed by atoms with Crippen molar-refractivity contribution in [2.45, 2.75) is 56.4 Å². The van der Waals surface area contributed by atoms with Crippen LogP contribution in [0.5, 0.6) is 5.75 Å². The third kappa shape index (κ3) is 7.28. The molecule has 0 aromatic heterocycles. The summed E-state index contributed by atoms with van der Waals surface area (Å²) in [6.07, 6.45) is 0.697. The number of non-ortho nitro benzene ring substituents is 1. The summed E-state index contributed by atoms with van der Waals surface area (Å²) in [5.41, 5.74) is -0.891. The van der Waals surface area contributed by atoms with Crippen molar-refractivity contribution in [3.05, 3.63) is 58.6 Å². The summed E-state index contributed by atoms with van der Waals surface area (Å²) in [4.78, 5) is 11.1. The van der Waals surface area contributed by atoms with E-state index in [9.17, 15) is 18.5 Å². The Balaban J connectivity index is 2.38. The molecule has 12 heteroatoms. The molecule has 3 rings (SSSR count). The van der Waals surface area contributed by atoms with Crippen LogP contribution in [0.2, 0.25) is 0 Å². The topological polar surface area (TPSA) is 124 Å². The lowest BCUT2D eigenvalue weighted by atomic mass is 9.82. The Hall–Kier alpha value is -2.54. The summed E-state index contributed by atoms with van der Waals surface area (Å²) >= 11 is 0. The van der Waals surface area contributed by atoms with Gasteiger partial charge in [0.2, 0.25) is 0 Å². The monoisotopic (exact) mass is 552 g/mol. The van der Waals surface area contributed by atoms with E-state index in [1.807, 2.05) is 30.3 Å². The lowest BCUT2D eigenvalue weighted by Gasteiger charge is -2.37. The van der Waals surface area contributed by atoms with Gasteiger partial charge in [0, 0.05) is 39.9 Å². The van der Waals surface area contributed by atoms with Gasteiger partial charge in [0.15, 0.2) is 0 Å². The highest BCUT2D eigenvalue weighted by molar-refractivity contribution is 8.03. The molecule has 0 saturated carbocycles. The molecule has 10 nitrogen and oxygen atoms in total. The predicted octanol–water partition coefficient (Wildman–Crippen LogP) is 5.33. The van der Waals surface area contributed by atoms with Crippen LogP contribution in [0.3, 0.4) is 0 Å². The van der Waals surface area contributed by atoms with Crippen molar-refractivity contribution in [2.24, 2.45) is 13.5 Å². The molecule has 204 valence electrons. The average molecular weight is 553 g/mol. The van der Waals surface area contributed by atoms with E-state index in [4.69, 9.17) is 13.8 Å². The van der Waals surface area contributed by atoms with Crippen LogP contribution in [-0.4, -0.2) is 56.6 Å². The first-order valence-corrected chi connectivity index (χ1v) is 14.9. The molecule has 1 heterocycles. The van der Waals surface area contributed by atoms with Crippen LogP contribution in [0.15, 0.2) is 66.5 Å². The van der Waals surface area contributed by atoms with Crippen LogP contribution in [0, 0.1) is 15.5 Å². The predicted molar refractivity (Wildman–Crippen MR) is 144 cm³/mol. The van der Waals surface area contributed by atoms with E-state index >= 15 is 0 Å². The zero-order valence-electron chi connectivity index (χ0n) is 22.2. The third-order valence-corrected chi connectivity index (χ3v) is 10.8. The minimum absolute atomic E-state index is 0.0691. The van der Waals surface area contributed by atoms with Crippen LogP contribution in [0.1, 0.15) is 41.0 Å². The summed E-state index contributed by atoms with van der Waals surface area (Å²) in [5, 5.41) is 11.1. The molecule has 37 heavy (non-hydrogen) atoms. The fraction of sp³-hybridized carbons (Fsp3) is 0.520. The van der Waals surface area contributed by atoms with E-state index in [0.717, 1.165) is 0 Å². The quantitative estimate of drug-likeness (QED) is 0.320. The third-order valence-electron chi connectivity index (χ3n) is 5.59. The van der Waals surface area contributed by atoms with Gasteiger partial charge in [-0.25, -0.2) is 8.67 Å². The normalized spacial score (nSPS) is 17.0. The number of sulfonamides is 1. The second-order valence-corrected chi connectivity index (χ2v) is 14.9. The number of morpholine rings is 1. The van der Waals surface area contributed by atoms with E-state index < -0.39 is 30.3 Å². The van der Waals surface area contributed by atoms with Gasteiger partial charge in [-0.3, -0.25) is 10.1 Å². The van der Waals surface area contributed by atoms with Crippen LogP contribution in [0.25, 0.3) is 0 Å². The van der Waals surface area contributed by atoms with Crippen molar-refractivity contribution >= 4 is 25.5 Å². The molecule has 1 unspecified atom stereocenters. The van der Waals surface area contributed by atoms with Crippen LogP contribution in [0.4, 0.5) is 5.69 Å². The molecule has 0 spiro atoms. The van der Waals surface area contributed by atoms with Gasteiger partial charge in [-0.15, -0.1) is 3.77 Å². The Morgan fingerprint density at radius 1 is 0.973 bits per heavy atom. The van der Waals surface area contributed by atoms with Crippen molar-refractivity contribution in [3.63, 3.8) is 0 Å². The van der Waals surface area contributed by atoms with E-state index in [-0.39, 0.29) is 16.0 Å². The van der Waals surface area contributed by atoms with Crippen molar-refractivity contribution < 1.29 is 22.8 Å². The largest absolute Gasteiger partial charge is 0.497 e. The maximum absolute atomic E-state index is 13.8. The Bertz CT molecular complexity index is 1330. The first-order valence-electron chi connectivity index (χ1n) is 12.0. The maximum Gasteiger partial charge on any atom is 0.290 e. The van der Waals surface area contributed by atoms with E-state index in [0.29, 0.717) is 43.4 Å². The molecule has 0 bridgehead atoms. The molecule has 1 fully saturated rings. The van der Waals surface area contributed by atoms with Gasteiger partial charge in [-0.2, -0.15) is 8.42 Å². The number of rotatable bonds is 8. The molecule has 1 aliphatic rings. The Morgan fingerprint density at radius 2 is 1.51 bits per heavy atom. The van der Waals surface area contributed by atoms with Crippen molar-refractivity contribution in [1.82, 2.24) is 4.31 Å². The number of nitrogens with zero attached hydrogens (tertiary/aromatic N) is 4. The number of methoxy groups -OCH3 is 1. The molecular weight excluding hydrogens is 516 g/mol. The fourth-order valence-corrected chi connectivity index (χ4v) is 9.73. The summed E-state index contributed by atoms with van der Waals surface area (Å²) in [6.45, 7) is 12.1. The number of hydrogen-bond donors (Lipinski definition) is 0. The average Bonchev–Trinajstić information content (AvgIpc) is 2.82. The van der Waals surface area contributed by atoms with Gasteiger partial charge < -0.3 is 9.47 Å². The van der Waals surface area contributed by atoms with E-state index in [2.05, 4.69) is 24.5 Å². The van der Waals surface area contributed by atoms with Gasteiger partial charge in [0.1, 0.15) is 5.75 Å². The minimum atomic E-state index is -4.26. The first kappa shape index (κ1) is 29.0. The van der Waals surface area contributed by atoms with Gasteiger partial charge in [0.05, 0.1) is 35.7 Å². The first-order chi connectivity index (χ1) is 17.2. The fourth-order valence-electron chi connectivity index (χ4n) is 4.52. The van der Waals surface area contributed by atoms with Gasteiger partial charge in [-0.05, 0) is 62.1 Å². The molecule has 1 saturated heterocycles. The SMILES string of the molecule is COc1ccc(S(=NC(C)(C)CC(C)(C)C)(=NS(=O)(=O)c2ccc([N+](=O)[O-])cc2)N2CCOCC2)cc1. The Kier molecular flexibility index (Phi) is 8.68. The molecule has 2 aromatic carbocycles. The highest BCUT2D eigenvalue weighted by atomic mass is 32.3. The van der Waals surface area contributed by atoms with Crippen LogP contribution in [-0.2, 0) is 24.6 Å². The zero-order valence-corrected chi connectivity index (χ0v) is 23.8. The Morgan fingerprint density at radius 3 is 2.00 bits per heavy atom. The van der Waals surface area contributed by atoms with Crippen LogP contribution >= 0.6 is 0 Å². The molecular formula is C25H36N4O6S2. The second-order valence-electron chi connectivity index (χ2n) is 10.7. The van der Waals surface area contributed by atoms with Gasteiger partial charge in [-0.1, -0.05) is 20.8 Å². The lowest BCUT2D eigenvalue weighted by molar-refractivity contribution is -0.384. The number of nitro benzene ring substituents is 1. The lowest BCUT2D eigenvalue weighted by Crippen LogP contribution is -2.42. The number of nitro groups is 1. The molecule has 1 atom stereocenters. The Labute approximate surface area is 220 Å². The van der Waals surface area contributed by atoms with Gasteiger partial charge >= 0.3 is 0 Å². The van der Waals surface area contributed by atoms with Crippen LogP contribution < -0.4 is 4.74 Å². The minimum Gasteiger partial charge on any atom is -0.497 e. The van der Waals surface area contributed by atoms with E-state index in [1.165, 1.54) is 24.3 Å². The number of ether oxygens (including phenoxy) is 2. The molecule has 0 radical (unpaired) electrons. The summed E-state index contributed by atoms with van der Waals surface area (Å²) < 4.78 is 50.4. The van der Waals surface area contributed by atoms with E-state index in [1.54, 1.807) is 19.2 Å². The molecule has 0 amide bonds. The van der Waals surface area contributed by atoms with Crippen molar-refractivity contribution in [1.29, 1.82) is 0 Å². The summed E-state index contributed by atoms with van der Waals surface area (Å²) in [6, 6.07) is 12.0. The molecule has 0 aliphatic carbocycles.